The van der Waals surface area contributed by atoms with E-state index in [0.717, 1.165) is 0 Å². The van der Waals surface area contributed by atoms with Gasteiger partial charge in [-0.2, -0.15) is 5.10 Å². The molecule has 0 aliphatic heterocycles. The Balaban J connectivity index is 1.62. The summed E-state index contributed by atoms with van der Waals surface area (Å²) in [6.45, 7) is 3.57. The third-order valence-corrected chi connectivity index (χ3v) is 5.10. The Hall–Kier alpha value is -4.46. The van der Waals surface area contributed by atoms with Crippen molar-refractivity contribution in [1.29, 1.82) is 0 Å². The highest BCUT2D eigenvalue weighted by Crippen LogP contribution is 2.27. The Kier molecular flexibility index (Phi) is 7.21. The lowest BCUT2D eigenvalue weighted by Gasteiger charge is -2.15. The summed E-state index contributed by atoms with van der Waals surface area (Å²) in [7, 11) is 0. The summed E-state index contributed by atoms with van der Waals surface area (Å²) in [6.07, 6.45) is -0.728. The molecule has 178 valence electrons. The molecule has 1 amide bonds. The number of carbonyl (C=O) groups excluding carboxylic acids is 2. The van der Waals surface area contributed by atoms with Crippen molar-refractivity contribution < 1.29 is 23.5 Å². The van der Waals surface area contributed by atoms with E-state index in [0.29, 0.717) is 28.4 Å². The summed E-state index contributed by atoms with van der Waals surface area (Å²) >= 11 is 0. The fraction of sp³-hybridized carbons (Fsp3) is 0.148. The first-order valence-corrected chi connectivity index (χ1v) is 11.1. The fourth-order valence-corrected chi connectivity index (χ4v) is 3.45. The number of rotatable bonds is 8. The van der Waals surface area contributed by atoms with E-state index in [-0.39, 0.29) is 18.2 Å². The zero-order valence-electron chi connectivity index (χ0n) is 19.3. The van der Waals surface area contributed by atoms with Gasteiger partial charge < -0.3 is 14.8 Å². The molecule has 35 heavy (non-hydrogen) atoms. The van der Waals surface area contributed by atoms with Crippen LogP contribution >= 0.6 is 0 Å². The molecular weight excluding hydrogens is 449 g/mol. The summed E-state index contributed by atoms with van der Waals surface area (Å²) < 4.78 is 26.2. The van der Waals surface area contributed by atoms with Gasteiger partial charge in [0.25, 0.3) is 5.91 Å². The number of hydrogen-bond donors (Lipinski definition) is 1. The van der Waals surface area contributed by atoms with Crippen LogP contribution in [0.2, 0.25) is 0 Å². The quantitative estimate of drug-likeness (QED) is 0.353. The van der Waals surface area contributed by atoms with Gasteiger partial charge in [-0.05, 0) is 62.4 Å². The van der Waals surface area contributed by atoms with Gasteiger partial charge in [-0.25, -0.2) is 13.9 Å². The van der Waals surface area contributed by atoms with Crippen molar-refractivity contribution in [3.8, 4) is 22.7 Å². The normalized spacial score (nSPS) is 11.5. The molecular formula is C27H24FN3O4. The first-order chi connectivity index (χ1) is 16.9. The molecule has 0 saturated carbocycles. The van der Waals surface area contributed by atoms with Crippen LogP contribution < -0.4 is 10.1 Å². The van der Waals surface area contributed by atoms with Gasteiger partial charge in [0.2, 0.25) is 0 Å². The highest BCUT2D eigenvalue weighted by molar-refractivity contribution is 5.95. The zero-order valence-corrected chi connectivity index (χ0v) is 19.3. The van der Waals surface area contributed by atoms with Crippen LogP contribution in [0.5, 0.6) is 5.75 Å². The van der Waals surface area contributed by atoms with Crippen molar-refractivity contribution in [2.24, 2.45) is 0 Å². The van der Waals surface area contributed by atoms with Crippen molar-refractivity contribution in [3.63, 3.8) is 0 Å². The Labute approximate surface area is 202 Å². The number of anilines is 1. The first kappa shape index (κ1) is 23.7. The van der Waals surface area contributed by atoms with E-state index in [1.54, 1.807) is 68.4 Å². The summed E-state index contributed by atoms with van der Waals surface area (Å²) in [6, 6.07) is 23.6. The minimum atomic E-state index is -0.728. The maximum atomic E-state index is 13.9. The van der Waals surface area contributed by atoms with E-state index in [1.165, 1.54) is 16.8 Å². The molecule has 0 unspecified atom stereocenters. The molecule has 0 fully saturated rings. The molecule has 1 atom stereocenters. The number of ether oxygens (including phenoxy) is 2. The Morgan fingerprint density at radius 3 is 2.51 bits per heavy atom. The van der Waals surface area contributed by atoms with E-state index in [9.17, 15) is 14.0 Å². The second kappa shape index (κ2) is 10.6. The van der Waals surface area contributed by atoms with Gasteiger partial charge in [0.1, 0.15) is 11.6 Å². The fourth-order valence-electron chi connectivity index (χ4n) is 3.45. The topological polar surface area (TPSA) is 82.5 Å². The third kappa shape index (κ3) is 5.73. The SMILES string of the molecule is CCOC(=O)c1cc(-c2cccc(NC(=O)[C@H](C)Oc3ccccc3)c2)n(-c2cccc(F)c2)n1. The molecule has 1 N–H and O–H groups in total. The molecule has 0 spiro atoms. The zero-order chi connectivity index (χ0) is 24.8. The number of nitrogens with one attached hydrogen (secondary N) is 1. The number of benzene rings is 3. The van der Waals surface area contributed by atoms with Crippen LogP contribution in [0.4, 0.5) is 10.1 Å². The summed E-state index contributed by atoms with van der Waals surface area (Å²) in [4.78, 5) is 25.0. The number of para-hydroxylation sites is 1. The van der Waals surface area contributed by atoms with Gasteiger partial charge in [-0.1, -0.05) is 36.4 Å². The molecule has 4 aromatic rings. The van der Waals surface area contributed by atoms with Crippen molar-refractivity contribution in [2.75, 3.05) is 11.9 Å². The molecule has 3 aromatic carbocycles. The van der Waals surface area contributed by atoms with Crippen molar-refractivity contribution in [3.05, 3.63) is 96.4 Å². The number of aromatic nitrogens is 2. The van der Waals surface area contributed by atoms with E-state index in [2.05, 4.69) is 10.4 Å². The lowest BCUT2D eigenvalue weighted by Crippen LogP contribution is -2.30. The minimum Gasteiger partial charge on any atom is -0.481 e. The number of hydrogen-bond acceptors (Lipinski definition) is 5. The lowest BCUT2D eigenvalue weighted by molar-refractivity contribution is -0.122. The summed E-state index contributed by atoms with van der Waals surface area (Å²) in [5.74, 6) is -0.749. The molecule has 1 aromatic heterocycles. The average Bonchev–Trinajstić information content (AvgIpc) is 3.31. The summed E-state index contributed by atoms with van der Waals surface area (Å²) in [5, 5.41) is 7.20. The number of nitrogens with zero attached hydrogens (tertiary/aromatic N) is 2. The summed E-state index contributed by atoms with van der Waals surface area (Å²) in [5.41, 5.74) is 2.25. The predicted molar refractivity (Wildman–Crippen MR) is 130 cm³/mol. The second-order valence-corrected chi connectivity index (χ2v) is 7.67. The highest BCUT2D eigenvalue weighted by atomic mass is 19.1. The van der Waals surface area contributed by atoms with Gasteiger partial charge in [0.15, 0.2) is 11.8 Å². The second-order valence-electron chi connectivity index (χ2n) is 7.67. The molecule has 8 heteroatoms. The van der Waals surface area contributed by atoms with E-state index in [4.69, 9.17) is 9.47 Å². The monoisotopic (exact) mass is 473 g/mol. The Morgan fingerprint density at radius 1 is 1.00 bits per heavy atom. The van der Waals surface area contributed by atoms with E-state index in [1.807, 2.05) is 18.2 Å². The average molecular weight is 474 g/mol. The molecule has 0 saturated heterocycles. The van der Waals surface area contributed by atoms with Crippen LogP contribution in [0.1, 0.15) is 24.3 Å². The molecule has 7 nitrogen and oxygen atoms in total. The smallest absolute Gasteiger partial charge is 0.358 e. The van der Waals surface area contributed by atoms with Crippen LogP contribution in [0.25, 0.3) is 16.9 Å². The lowest BCUT2D eigenvalue weighted by atomic mass is 10.1. The highest BCUT2D eigenvalue weighted by Gasteiger charge is 2.19. The van der Waals surface area contributed by atoms with Gasteiger partial charge in [0, 0.05) is 11.3 Å². The maximum Gasteiger partial charge on any atom is 0.358 e. The molecule has 4 rings (SSSR count). The van der Waals surface area contributed by atoms with Crippen molar-refractivity contribution in [1.82, 2.24) is 9.78 Å². The molecule has 1 heterocycles. The van der Waals surface area contributed by atoms with Gasteiger partial charge in [-0.15, -0.1) is 0 Å². The van der Waals surface area contributed by atoms with Crippen LogP contribution in [0, 0.1) is 5.82 Å². The molecule has 0 aliphatic rings. The largest absolute Gasteiger partial charge is 0.481 e. The molecule has 0 radical (unpaired) electrons. The molecule has 0 aliphatic carbocycles. The van der Waals surface area contributed by atoms with Crippen LogP contribution in [0.15, 0.2) is 84.9 Å². The number of carbonyl (C=O) groups is 2. The maximum absolute atomic E-state index is 13.9. The standard InChI is InChI=1S/C27H24FN3O4/c1-3-34-27(33)24-17-25(31(30-24)22-12-8-10-20(28)16-22)19-9-7-11-21(15-19)29-26(32)18(2)35-23-13-5-4-6-14-23/h4-18H,3H2,1-2H3,(H,29,32)/t18-/m0/s1. The van der Waals surface area contributed by atoms with Gasteiger partial charge in [-0.3, -0.25) is 4.79 Å². The number of halogens is 1. The third-order valence-electron chi connectivity index (χ3n) is 5.10. The minimum absolute atomic E-state index is 0.0884. The van der Waals surface area contributed by atoms with E-state index >= 15 is 0 Å². The number of amides is 1. The van der Waals surface area contributed by atoms with E-state index < -0.39 is 17.9 Å². The predicted octanol–water partition coefficient (Wildman–Crippen LogP) is 5.26. The van der Waals surface area contributed by atoms with Crippen molar-refractivity contribution >= 4 is 17.6 Å². The Bertz CT molecular complexity index is 1340. The van der Waals surface area contributed by atoms with Crippen LogP contribution in [-0.4, -0.2) is 34.4 Å². The Morgan fingerprint density at radius 2 is 1.77 bits per heavy atom. The van der Waals surface area contributed by atoms with Crippen LogP contribution in [0.3, 0.4) is 0 Å². The number of esters is 1. The molecule has 0 bridgehead atoms. The van der Waals surface area contributed by atoms with Gasteiger partial charge in [0.05, 0.1) is 18.0 Å². The van der Waals surface area contributed by atoms with Crippen LogP contribution in [-0.2, 0) is 9.53 Å². The van der Waals surface area contributed by atoms with Crippen molar-refractivity contribution in [2.45, 2.75) is 20.0 Å². The van der Waals surface area contributed by atoms with Gasteiger partial charge >= 0.3 is 5.97 Å². The first-order valence-electron chi connectivity index (χ1n) is 11.1.